The Morgan fingerprint density at radius 2 is 1.57 bits per heavy atom. The fraction of sp³-hybridized carbons (Fsp3) is 0.320. The summed E-state index contributed by atoms with van der Waals surface area (Å²) in [5.74, 6) is -1.94. The number of hydrogen-bond acceptors (Lipinski definition) is 6. The van der Waals surface area contributed by atoms with Crippen molar-refractivity contribution in [2.75, 3.05) is 11.9 Å². The van der Waals surface area contributed by atoms with E-state index in [4.69, 9.17) is 4.74 Å². The maximum absolute atomic E-state index is 12.7. The summed E-state index contributed by atoms with van der Waals surface area (Å²) in [6, 6.07) is 12.2. The van der Waals surface area contributed by atoms with Gasteiger partial charge in [-0.25, -0.2) is 4.79 Å². The topological polar surface area (TPSA) is 134 Å². The molecule has 0 fully saturated rings. The highest BCUT2D eigenvalue weighted by Gasteiger charge is 2.40. The third-order valence-corrected chi connectivity index (χ3v) is 5.06. The van der Waals surface area contributed by atoms with Gasteiger partial charge in [0.05, 0.1) is 11.1 Å². The molecule has 1 unspecified atom stereocenters. The van der Waals surface area contributed by atoms with E-state index in [1.54, 1.807) is 69.3 Å². The number of hydrogen-bond donors (Lipinski definition) is 3. The van der Waals surface area contributed by atoms with E-state index in [0.717, 1.165) is 4.90 Å². The van der Waals surface area contributed by atoms with Gasteiger partial charge in [-0.3, -0.25) is 24.1 Å². The number of rotatable bonds is 7. The standard InChI is InChI=1S/C25H28N4O6/c1-15(29-22(32)18-10-5-6-11-19(18)23(29)33)21(31)26-13-16-8-7-9-17(12-16)28-20(30)14-27-24(34)35-25(2,3)4/h5-12,15H,13-14H2,1-4H3,(H,26,31)(H,27,34)(H,28,30). The van der Waals surface area contributed by atoms with Gasteiger partial charge < -0.3 is 20.7 Å². The molecule has 0 aliphatic carbocycles. The first-order chi connectivity index (χ1) is 16.5. The smallest absolute Gasteiger partial charge is 0.408 e. The van der Waals surface area contributed by atoms with Crippen molar-refractivity contribution in [3.8, 4) is 0 Å². The van der Waals surface area contributed by atoms with Crippen molar-refractivity contribution < 1.29 is 28.7 Å². The molecule has 0 bridgehead atoms. The first-order valence-electron chi connectivity index (χ1n) is 11.1. The monoisotopic (exact) mass is 480 g/mol. The number of ether oxygens (including phenoxy) is 1. The average Bonchev–Trinajstić information content (AvgIpc) is 3.05. The molecule has 2 aromatic rings. The lowest BCUT2D eigenvalue weighted by molar-refractivity contribution is -0.124. The zero-order chi connectivity index (χ0) is 25.8. The van der Waals surface area contributed by atoms with Gasteiger partial charge in [0.15, 0.2) is 0 Å². The molecule has 1 atom stereocenters. The van der Waals surface area contributed by atoms with Gasteiger partial charge in [-0.05, 0) is 57.5 Å². The lowest BCUT2D eigenvalue weighted by Gasteiger charge is -2.21. The van der Waals surface area contributed by atoms with Gasteiger partial charge in [0.2, 0.25) is 11.8 Å². The van der Waals surface area contributed by atoms with Crippen LogP contribution < -0.4 is 16.0 Å². The lowest BCUT2D eigenvalue weighted by atomic mass is 10.1. The number of anilines is 1. The van der Waals surface area contributed by atoms with Crippen LogP contribution in [0.25, 0.3) is 0 Å². The van der Waals surface area contributed by atoms with Crippen LogP contribution in [0.5, 0.6) is 0 Å². The molecule has 2 aromatic carbocycles. The Morgan fingerprint density at radius 3 is 2.17 bits per heavy atom. The molecule has 1 aliphatic heterocycles. The Bertz CT molecular complexity index is 1140. The minimum atomic E-state index is -0.996. The number of nitrogens with zero attached hydrogens (tertiary/aromatic N) is 1. The fourth-order valence-electron chi connectivity index (χ4n) is 3.44. The third-order valence-electron chi connectivity index (χ3n) is 5.06. The SMILES string of the molecule is CC(C(=O)NCc1cccc(NC(=O)CNC(=O)OC(C)(C)C)c1)N1C(=O)c2ccccc2C1=O. The molecule has 0 aromatic heterocycles. The molecular formula is C25H28N4O6. The highest BCUT2D eigenvalue weighted by Crippen LogP contribution is 2.24. The van der Waals surface area contributed by atoms with Crippen LogP contribution in [0, 0.1) is 0 Å². The predicted molar refractivity (Wildman–Crippen MR) is 128 cm³/mol. The zero-order valence-electron chi connectivity index (χ0n) is 20.0. The van der Waals surface area contributed by atoms with Crippen LogP contribution in [0.3, 0.4) is 0 Å². The predicted octanol–water partition coefficient (Wildman–Crippen LogP) is 2.45. The molecule has 1 heterocycles. The quantitative estimate of drug-likeness (QED) is 0.521. The van der Waals surface area contributed by atoms with Crippen molar-refractivity contribution in [1.82, 2.24) is 15.5 Å². The van der Waals surface area contributed by atoms with E-state index in [1.165, 1.54) is 6.92 Å². The highest BCUT2D eigenvalue weighted by molar-refractivity contribution is 6.22. The summed E-state index contributed by atoms with van der Waals surface area (Å²) in [5.41, 5.74) is 1.05. The number of alkyl carbamates (subject to hydrolysis) is 1. The Morgan fingerprint density at radius 1 is 0.943 bits per heavy atom. The minimum absolute atomic E-state index is 0.117. The first kappa shape index (κ1) is 25.4. The largest absolute Gasteiger partial charge is 0.444 e. The highest BCUT2D eigenvalue weighted by atomic mass is 16.6. The average molecular weight is 481 g/mol. The number of benzene rings is 2. The van der Waals surface area contributed by atoms with Crippen LogP contribution in [0.1, 0.15) is 54.0 Å². The van der Waals surface area contributed by atoms with Crippen molar-refractivity contribution in [2.24, 2.45) is 0 Å². The van der Waals surface area contributed by atoms with Crippen LogP contribution in [-0.2, 0) is 20.9 Å². The second-order valence-corrected chi connectivity index (χ2v) is 9.02. The lowest BCUT2D eigenvalue weighted by Crippen LogP contribution is -2.47. The number of nitrogens with one attached hydrogen (secondary N) is 3. The van der Waals surface area contributed by atoms with Crippen LogP contribution in [0.2, 0.25) is 0 Å². The molecule has 3 N–H and O–H groups in total. The summed E-state index contributed by atoms with van der Waals surface area (Å²) < 4.78 is 5.08. The maximum atomic E-state index is 12.7. The van der Waals surface area contributed by atoms with Gasteiger partial charge in [0, 0.05) is 12.2 Å². The van der Waals surface area contributed by atoms with E-state index in [2.05, 4.69) is 16.0 Å². The van der Waals surface area contributed by atoms with Crippen LogP contribution >= 0.6 is 0 Å². The summed E-state index contributed by atoms with van der Waals surface area (Å²) in [4.78, 5) is 62.6. The van der Waals surface area contributed by atoms with Gasteiger partial charge in [0.1, 0.15) is 18.2 Å². The van der Waals surface area contributed by atoms with E-state index in [1.807, 2.05) is 0 Å². The molecule has 5 amide bonds. The summed E-state index contributed by atoms with van der Waals surface area (Å²) in [6.45, 7) is 6.50. The second-order valence-electron chi connectivity index (χ2n) is 9.02. The van der Waals surface area contributed by atoms with Crippen LogP contribution in [0.4, 0.5) is 10.5 Å². The Kier molecular flexibility index (Phi) is 7.53. The number of carbonyl (C=O) groups excluding carboxylic acids is 5. The van der Waals surface area contributed by atoms with Crippen LogP contribution in [-0.4, -0.2) is 52.8 Å². The fourth-order valence-corrected chi connectivity index (χ4v) is 3.44. The molecule has 10 nitrogen and oxygen atoms in total. The van der Waals surface area contributed by atoms with Gasteiger partial charge in [-0.1, -0.05) is 24.3 Å². The van der Waals surface area contributed by atoms with Gasteiger partial charge >= 0.3 is 6.09 Å². The van der Waals surface area contributed by atoms with E-state index < -0.39 is 41.4 Å². The normalized spacial score (nSPS) is 13.7. The summed E-state index contributed by atoms with van der Waals surface area (Å²) >= 11 is 0. The van der Waals surface area contributed by atoms with Crippen LogP contribution in [0.15, 0.2) is 48.5 Å². The molecule has 1 aliphatic rings. The second kappa shape index (κ2) is 10.4. The Hall–Kier alpha value is -4.21. The number of imide groups is 1. The van der Waals surface area contributed by atoms with Crippen molar-refractivity contribution in [1.29, 1.82) is 0 Å². The molecular weight excluding hydrogens is 452 g/mol. The molecule has 0 spiro atoms. The van der Waals surface area contributed by atoms with Gasteiger partial charge in [-0.2, -0.15) is 0 Å². The van der Waals surface area contributed by atoms with E-state index in [-0.39, 0.29) is 24.2 Å². The number of amides is 5. The van der Waals surface area contributed by atoms with Crippen molar-refractivity contribution >= 4 is 35.4 Å². The number of carbonyl (C=O) groups is 5. The molecule has 10 heteroatoms. The van der Waals surface area contributed by atoms with Gasteiger partial charge in [-0.15, -0.1) is 0 Å². The van der Waals surface area contributed by atoms with Crippen molar-refractivity contribution in [2.45, 2.75) is 45.9 Å². The molecule has 0 saturated carbocycles. The summed E-state index contributed by atoms with van der Waals surface area (Å²) in [6.07, 6.45) is -0.698. The third kappa shape index (κ3) is 6.44. The van der Waals surface area contributed by atoms with E-state index >= 15 is 0 Å². The van der Waals surface area contributed by atoms with Crippen molar-refractivity contribution in [3.05, 3.63) is 65.2 Å². The minimum Gasteiger partial charge on any atom is -0.444 e. The van der Waals surface area contributed by atoms with Crippen molar-refractivity contribution in [3.63, 3.8) is 0 Å². The summed E-state index contributed by atoms with van der Waals surface area (Å²) in [7, 11) is 0. The molecule has 35 heavy (non-hydrogen) atoms. The molecule has 184 valence electrons. The first-order valence-corrected chi connectivity index (χ1v) is 11.1. The zero-order valence-corrected chi connectivity index (χ0v) is 20.0. The molecule has 0 radical (unpaired) electrons. The molecule has 3 rings (SSSR count). The van der Waals surface area contributed by atoms with Gasteiger partial charge in [0.25, 0.3) is 11.8 Å². The molecule has 0 saturated heterocycles. The maximum Gasteiger partial charge on any atom is 0.408 e. The van der Waals surface area contributed by atoms with E-state index in [0.29, 0.717) is 11.3 Å². The van der Waals surface area contributed by atoms with E-state index in [9.17, 15) is 24.0 Å². The Labute approximate surface area is 203 Å². The summed E-state index contributed by atoms with van der Waals surface area (Å²) in [5, 5.41) is 7.75. The Balaban J connectivity index is 1.52. The number of fused-ring (bicyclic) bond motifs is 1.